The molecule has 68 valence electrons. The molecular weight excluding hydrogens is 160 g/mol. The fraction of sp³-hybridized carbons (Fsp3) is 0.417. The molecule has 0 heterocycles. The molecule has 0 amide bonds. The molecule has 0 aliphatic heterocycles. The lowest BCUT2D eigenvalue weighted by Gasteiger charge is -2.04. The minimum Gasteiger partial charge on any atom is -0.303 e. The molecule has 0 aromatic heterocycles. The second kappa shape index (κ2) is 3.73. The molecule has 0 atom stereocenters. The third-order valence-corrected chi connectivity index (χ3v) is 2.83. The van der Waals surface area contributed by atoms with Crippen molar-refractivity contribution in [1.82, 2.24) is 0 Å². The van der Waals surface area contributed by atoms with Crippen LogP contribution in [-0.2, 0) is 17.6 Å². The smallest absolute Gasteiger partial charge is 0.120 e. The van der Waals surface area contributed by atoms with Crippen molar-refractivity contribution in [2.45, 2.75) is 25.7 Å². The predicted octanol–water partition coefficient (Wildman–Crippen LogP) is 2.38. The topological polar surface area (TPSA) is 17.1 Å². The summed E-state index contributed by atoms with van der Waals surface area (Å²) in [5.74, 6) is 0.711. The molecular formula is C12H14O. The van der Waals surface area contributed by atoms with Gasteiger partial charge in [0.15, 0.2) is 0 Å². The molecule has 1 heteroatoms. The highest BCUT2D eigenvalue weighted by Crippen LogP contribution is 2.28. The minimum atomic E-state index is 0.711. The van der Waals surface area contributed by atoms with E-state index >= 15 is 0 Å². The van der Waals surface area contributed by atoms with E-state index in [9.17, 15) is 4.79 Å². The second-order valence-corrected chi connectivity index (χ2v) is 3.79. The van der Waals surface area contributed by atoms with Gasteiger partial charge in [0.05, 0.1) is 0 Å². The Morgan fingerprint density at radius 1 is 1.23 bits per heavy atom. The van der Waals surface area contributed by atoms with Crippen molar-refractivity contribution in [3.63, 3.8) is 0 Å². The Bertz CT molecular complexity index is 279. The standard InChI is InChI=1S/C12H14O/c13-7-3-4-10-8-11-5-1-2-6-12(11)9-10/h1-2,5-7,10H,3-4,8-9H2. The summed E-state index contributed by atoms with van der Waals surface area (Å²) < 4.78 is 0. The molecule has 0 saturated heterocycles. The lowest BCUT2D eigenvalue weighted by Crippen LogP contribution is -1.99. The highest BCUT2D eigenvalue weighted by Gasteiger charge is 2.19. The van der Waals surface area contributed by atoms with Crippen LogP contribution in [0.4, 0.5) is 0 Å². The number of carbonyl (C=O) groups is 1. The lowest BCUT2D eigenvalue weighted by atomic mass is 10.0. The van der Waals surface area contributed by atoms with Crippen LogP contribution in [0.15, 0.2) is 24.3 Å². The van der Waals surface area contributed by atoms with E-state index in [1.807, 2.05) is 0 Å². The van der Waals surface area contributed by atoms with Crippen LogP contribution in [-0.4, -0.2) is 6.29 Å². The maximum atomic E-state index is 10.2. The number of hydrogen-bond acceptors (Lipinski definition) is 1. The van der Waals surface area contributed by atoms with Crippen molar-refractivity contribution in [3.8, 4) is 0 Å². The zero-order valence-corrected chi connectivity index (χ0v) is 7.70. The van der Waals surface area contributed by atoms with Crippen molar-refractivity contribution in [2.75, 3.05) is 0 Å². The summed E-state index contributed by atoms with van der Waals surface area (Å²) in [6.07, 6.45) is 5.15. The monoisotopic (exact) mass is 174 g/mol. The van der Waals surface area contributed by atoms with E-state index in [0.29, 0.717) is 5.92 Å². The van der Waals surface area contributed by atoms with Gasteiger partial charge in [-0.15, -0.1) is 0 Å². The number of carbonyl (C=O) groups excluding carboxylic acids is 1. The molecule has 0 saturated carbocycles. The van der Waals surface area contributed by atoms with Gasteiger partial charge in [0, 0.05) is 6.42 Å². The van der Waals surface area contributed by atoms with E-state index < -0.39 is 0 Å². The normalized spacial score (nSPS) is 15.7. The first-order valence-electron chi connectivity index (χ1n) is 4.90. The SMILES string of the molecule is O=CCCC1Cc2ccccc2C1. The highest BCUT2D eigenvalue weighted by molar-refractivity contribution is 5.49. The summed E-state index contributed by atoms with van der Waals surface area (Å²) in [4.78, 5) is 10.2. The summed E-state index contributed by atoms with van der Waals surface area (Å²) >= 11 is 0. The summed E-state index contributed by atoms with van der Waals surface area (Å²) in [7, 11) is 0. The third kappa shape index (κ3) is 1.80. The van der Waals surface area contributed by atoms with Crippen molar-refractivity contribution in [3.05, 3.63) is 35.4 Å². The fourth-order valence-electron chi connectivity index (χ4n) is 2.16. The van der Waals surface area contributed by atoms with Crippen LogP contribution in [0, 0.1) is 5.92 Å². The van der Waals surface area contributed by atoms with Crippen molar-refractivity contribution >= 4 is 6.29 Å². The average molecular weight is 174 g/mol. The number of fused-ring (bicyclic) bond motifs is 1. The van der Waals surface area contributed by atoms with Gasteiger partial charge in [-0.05, 0) is 36.3 Å². The van der Waals surface area contributed by atoms with Gasteiger partial charge in [0.2, 0.25) is 0 Å². The van der Waals surface area contributed by atoms with Crippen LogP contribution in [0.1, 0.15) is 24.0 Å². The van der Waals surface area contributed by atoms with Crippen LogP contribution >= 0.6 is 0 Å². The largest absolute Gasteiger partial charge is 0.303 e. The van der Waals surface area contributed by atoms with Crippen LogP contribution < -0.4 is 0 Å². The molecule has 0 N–H and O–H groups in total. The first-order chi connectivity index (χ1) is 6.40. The fourth-order valence-corrected chi connectivity index (χ4v) is 2.16. The Balaban J connectivity index is 2.01. The van der Waals surface area contributed by atoms with E-state index in [2.05, 4.69) is 24.3 Å². The van der Waals surface area contributed by atoms with Gasteiger partial charge >= 0.3 is 0 Å². The van der Waals surface area contributed by atoms with Crippen LogP contribution in [0.3, 0.4) is 0 Å². The molecule has 1 aromatic carbocycles. The summed E-state index contributed by atoms with van der Waals surface area (Å²) in [6.45, 7) is 0. The third-order valence-electron chi connectivity index (χ3n) is 2.83. The summed E-state index contributed by atoms with van der Waals surface area (Å²) in [5.41, 5.74) is 2.97. The van der Waals surface area contributed by atoms with Crippen molar-refractivity contribution in [2.24, 2.45) is 5.92 Å². The quantitative estimate of drug-likeness (QED) is 0.643. The molecule has 1 aromatic rings. The zero-order valence-electron chi connectivity index (χ0n) is 7.70. The first kappa shape index (κ1) is 8.49. The number of aldehydes is 1. The molecule has 1 aliphatic carbocycles. The predicted molar refractivity (Wildman–Crippen MR) is 52.6 cm³/mol. The van der Waals surface area contributed by atoms with Crippen LogP contribution in [0.25, 0.3) is 0 Å². The van der Waals surface area contributed by atoms with Gasteiger partial charge in [-0.1, -0.05) is 24.3 Å². The Morgan fingerprint density at radius 2 is 1.85 bits per heavy atom. The van der Waals surface area contributed by atoms with Gasteiger partial charge in [0.25, 0.3) is 0 Å². The molecule has 0 radical (unpaired) electrons. The van der Waals surface area contributed by atoms with E-state index in [-0.39, 0.29) is 0 Å². The number of rotatable bonds is 3. The highest BCUT2D eigenvalue weighted by atomic mass is 16.1. The molecule has 0 fully saturated rings. The van der Waals surface area contributed by atoms with Crippen LogP contribution in [0.2, 0.25) is 0 Å². The van der Waals surface area contributed by atoms with Gasteiger partial charge in [-0.25, -0.2) is 0 Å². The van der Waals surface area contributed by atoms with E-state index in [0.717, 1.165) is 19.1 Å². The molecule has 2 rings (SSSR count). The Kier molecular flexibility index (Phi) is 2.44. The molecule has 1 aliphatic rings. The summed E-state index contributed by atoms with van der Waals surface area (Å²) in [6, 6.07) is 8.61. The van der Waals surface area contributed by atoms with Crippen molar-refractivity contribution in [1.29, 1.82) is 0 Å². The number of benzene rings is 1. The Hall–Kier alpha value is -1.11. The molecule has 1 nitrogen and oxygen atoms in total. The molecule has 13 heavy (non-hydrogen) atoms. The van der Waals surface area contributed by atoms with E-state index in [4.69, 9.17) is 0 Å². The zero-order chi connectivity index (χ0) is 9.10. The van der Waals surface area contributed by atoms with Gasteiger partial charge in [-0.2, -0.15) is 0 Å². The maximum absolute atomic E-state index is 10.2. The lowest BCUT2D eigenvalue weighted by molar-refractivity contribution is -0.108. The number of hydrogen-bond donors (Lipinski definition) is 0. The minimum absolute atomic E-state index is 0.711. The Morgan fingerprint density at radius 3 is 2.38 bits per heavy atom. The van der Waals surface area contributed by atoms with E-state index in [1.165, 1.54) is 24.0 Å². The van der Waals surface area contributed by atoms with Gasteiger partial charge in [-0.3, -0.25) is 0 Å². The molecule has 0 unspecified atom stereocenters. The molecule has 0 bridgehead atoms. The second-order valence-electron chi connectivity index (χ2n) is 3.79. The summed E-state index contributed by atoms with van der Waals surface area (Å²) in [5, 5.41) is 0. The average Bonchev–Trinajstić information content (AvgIpc) is 2.57. The first-order valence-corrected chi connectivity index (χ1v) is 4.90. The molecule has 0 spiro atoms. The van der Waals surface area contributed by atoms with Gasteiger partial charge in [0.1, 0.15) is 6.29 Å². The van der Waals surface area contributed by atoms with Crippen molar-refractivity contribution < 1.29 is 4.79 Å². The van der Waals surface area contributed by atoms with E-state index in [1.54, 1.807) is 0 Å². The maximum Gasteiger partial charge on any atom is 0.120 e. The van der Waals surface area contributed by atoms with Gasteiger partial charge < -0.3 is 4.79 Å². The Labute approximate surface area is 78.8 Å². The van der Waals surface area contributed by atoms with Crippen LogP contribution in [0.5, 0.6) is 0 Å².